The van der Waals surface area contributed by atoms with E-state index in [1.165, 1.54) is 6.92 Å². The summed E-state index contributed by atoms with van der Waals surface area (Å²) in [6.45, 7) is 1.70. The van der Waals surface area contributed by atoms with E-state index in [1.807, 2.05) is 0 Å². The summed E-state index contributed by atoms with van der Waals surface area (Å²) in [7, 11) is 0. The SMILES string of the molecule is CC(NC(=O)C(CCC(N)=O)NC(=O)C(N)CC(N)=O)C(=O)NC(CCCCN)C(=O)O. The number of hydrogen-bond donors (Lipinski definition) is 8. The molecule has 4 atom stereocenters. The van der Waals surface area contributed by atoms with E-state index in [9.17, 15) is 33.9 Å². The summed E-state index contributed by atoms with van der Waals surface area (Å²) in [5, 5.41) is 16.2. The highest BCUT2D eigenvalue weighted by Gasteiger charge is 2.28. The number of amides is 5. The molecular formula is C18H33N7O7. The summed E-state index contributed by atoms with van der Waals surface area (Å²) in [6.07, 6.45) is 0.323. The van der Waals surface area contributed by atoms with Crippen LogP contribution in [0, 0.1) is 0 Å². The molecule has 0 aliphatic rings. The van der Waals surface area contributed by atoms with E-state index in [1.54, 1.807) is 0 Å². The maximum absolute atomic E-state index is 12.6. The number of carboxylic acid groups (broad SMARTS) is 1. The largest absolute Gasteiger partial charge is 0.480 e. The fraction of sp³-hybridized carbons (Fsp3) is 0.667. The van der Waals surface area contributed by atoms with Crippen LogP contribution in [0.5, 0.6) is 0 Å². The van der Waals surface area contributed by atoms with Gasteiger partial charge >= 0.3 is 5.97 Å². The molecule has 0 saturated heterocycles. The van der Waals surface area contributed by atoms with Gasteiger partial charge in [0.25, 0.3) is 0 Å². The van der Waals surface area contributed by atoms with Gasteiger partial charge in [-0.05, 0) is 39.2 Å². The smallest absolute Gasteiger partial charge is 0.326 e. The molecular weight excluding hydrogens is 426 g/mol. The molecule has 0 radical (unpaired) electrons. The number of hydrogen-bond acceptors (Lipinski definition) is 8. The van der Waals surface area contributed by atoms with Crippen molar-refractivity contribution in [3.63, 3.8) is 0 Å². The van der Waals surface area contributed by atoms with Crippen molar-refractivity contribution in [3.8, 4) is 0 Å². The molecule has 0 aromatic rings. The van der Waals surface area contributed by atoms with Crippen LogP contribution in [-0.2, 0) is 28.8 Å². The Morgan fingerprint density at radius 1 is 0.812 bits per heavy atom. The highest BCUT2D eigenvalue weighted by Crippen LogP contribution is 2.03. The summed E-state index contributed by atoms with van der Waals surface area (Å²) >= 11 is 0. The van der Waals surface area contributed by atoms with E-state index in [0.29, 0.717) is 19.4 Å². The molecule has 0 saturated carbocycles. The van der Waals surface area contributed by atoms with Crippen LogP contribution in [0.25, 0.3) is 0 Å². The van der Waals surface area contributed by atoms with Crippen LogP contribution in [0.4, 0.5) is 0 Å². The quantitative estimate of drug-likeness (QED) is 0.105. The molecule has 0 aliphatic carbocycles. The minimum Gasteiger partial charge on any atom is -0.480 e. The Labute approximate surface area is 185 Å². The molecule has 0 fully saturated rings. The molecule has 4 unspecified atom stereocenters. The molecule has 0 bridgehead atoms. The molecule has 182 valence electrons. The predicted molar refractivity (Wildman–Crippen MR) is 112 cm³/mol. The number of carbonyl (C=O) groups excluding carboxylic acids is 5. The molecule has 5 amide bonds. The molecule has 0 spiro atoms. The summed E-state index contributed by atoms with van der Waals surface area (Å²) in [6, 6.07) is -4.93. The highest BCUT2D eigenvalue weighted by molar-refractivity contribution is 5.95. The van der Waals surface area contributed by atoms with Crippen molar-refractivity contribution in [1.29, 1.82) is 0 Å². The van der Waals surface area contributed by atoms with Gasteiger partial charge in [-0.25, -0.2) is 4.79 Å². The number of aliphatic carboxylic acids is 1. The fourth-order valence-electron chi connectivity index (χ4n) is 2.57. The normalized spacial score (nSPS) is 14.3. The van der Waals surface area contributed by atoms with Crippen LogP contribution in [0.3, 0.4) is 0 Å². The number of carbonyl (C=O) groups is 6. The van der Waals surface area contributed by atoms with Crippen LogP contribution in [0.1, 0.15) is 45.4 Å². The minimum atomic E-state index is -1.32. The maximum atomic E-state index is 12.6. The molecule has 0 rings (SSSR count). The lowest BCUT2D eigenvalue weighted by molar-refractivity contribution is -0.142. The van der Waals surface area contributed by atoms with E-state index in [2.05, 4.69) is 16.0 Å². The first kappa shape index (κ1) is 28.7. The van der Waals surface area contributed by atoms with Crippen LogP contribution < -0.4 is 38.9 Å². The fourth-order valence-corrected chi connectivity index (χ4v) is 2.57. The standard InChI is InChI=1S/C18H33N7O7/c1-9(15(28)25-12(18(31)32)4-2-3-7-19)23-17(30)11(5-6-13(21)26)24-16(29)10(20)8-14(22)27/h9-12H,2-8,19-20H2,1H3,(H2,21,26)(H2,22,27)(H,23,30)(H,24,29)(H,25,28)(H,31,32). The van der Waals surface area contributed by atoms with Crippen molar-refractivity contribution in [2.45, 2.75) is 69.6 Å². The van der Waals surface area contributed by atoms with Gasteiger partial charge in [0.2, 0.25) is 29.5 Å². The molecule has 0 aliphatic heterocycles. The van der Waals surface area contributed by atoms with Gasteiger partial charge < -0.3 is 44.0 Å². The van der Waals surface area contributed by atoms with Gasteiger partial charge in [0, 0.05) is 6.42 Å². The Morgan fingerprint density at radius 2 is 1.41 bits per heavy atom. The lowest BCUT2D eigenvalue weighted by Gasteiger charge is -2.23. The van der Waals surface area contributed by atoms with Gasteiger partial charge in [-0.15, -0.1) is 0 Å². The number of nitrogens with one attached hydrogen (secondary N) is 3. The first-order valence-corrected chi connectivity index (χ1v) is 10.0. The second-order valence-corrected chi connectivity index (χ2v) is 7.26. The maximum Gasteiger partial charge on any atom is 0.326 e. The van der Waals surface area contributed by atoms with E-state index in [0.717, 1.165) is 0 Å². The second-order valence-electron chi connectivity index (χ2n) is 7.26. The number of nitrogens with two attached hydrogens (primary N) is 4. The minimum absolute atomic E-state index is 0.161. The van der Waals surface area contributed by atoms with E-state index >= 15 is 0 Å². The van der Waals surface area contributed by atoms with Crippen LogP contribution in [0.15, 0.2) is 0 Å². The Kier molecular flexibility index (Phi) is 13.2. The zero-order valence-electron chi connectivity index (χ0n) is 18.0. The van der Waals surface area contributed by atoms with Crippen molar-refractivity contribution in [2.24, 2.45) is 22.9 Å². The Hall–Kier alpha value is -3.26. The lowest BCUT2D eigenvalue weighted by Crippen LogP contribution is -2.56. The molecule has 12 N–H and O–H groups in total. The first-order chi connectivity index (χ1) is 14.9. The van der Waals surface area contributed by atoms with Gasteiger partial charge in [0.1, 0.15) is 18.1 Å². The topological polar surface area (TPSA) is 263 Å². The zero-order valence-corrected chi connectivity index (χ0v) is 18.0. The molecule has 32 heavy (non-hydrogen) atoms. The third-order valence-corrected chi connectivity index (χ3v) is 4.38. The van der Waals surface area contributed by atoms with Gasteiger partial charge in [-0.1, -0.05) is 0 Å². The van der Waals surface area contributed by atoms with Crippen LogP contribution in [-0.4, -0.2) is 71.3 Å². The number of unbranched alkanes of at least 4 members (excludes halogenated alkanes) is 1. The Morgan fingerprint density at radius 3 is 1.91 bits per heavy atom. The van der Waals surface area contributed by atoms with Crippen molar-refractivity contribution < 1.29 is 33.9 Å². The van der Waals surface area contributed by atoms with Crippen molar-refractivity contribution >= 4 is 35.5 Å². The van der Waals surface area contributed by atoms with Gasteiger partial charge in [0.05, 0.1) is 12.5 Å². The average molecular weight is 460 g/mol. The molecule has 14 heteroatoms. The molecule has 0 aromatic heterocycles. The zero-order chi connectivity index (χ0) is 24.8. The van der Waals surface area contributed by atoms with Crippen molar-refractivity contribution in [3.05, 3.63) is 0 Å². The first-order valence-electron chi connectivity index (χ1n) is 10.0. The third-order valence-electron chi connectivity index (χ3n) is 4.38. The highest BCUT2D eigenvalue weighted by atomic mass is 16.4. The molecule has 0 aromatic carbocycles. The van der Waals surface area contributed by atoms with E-state index in [4.69, 9.17) is 22.9 Å². The second kappa shape index (κ2) is 14.7. The summed E-state index contributed by atoms with van der Waals surface area (Å²) in [5.74, 6) is -5.24. The van der Waals surface area contributed by atoms with Gasteiger partial charge in [-0.2, -0.15) is 0 Å². The Bertz CT molecular complexity index is 701. The lowest BCUT2D eigenvalue weighted by atomic mass is 10.1. The monoisotopic (exact) mass is 459 g/mol. The average Bonchev–Trinajstić information content (AvgIpc) is 2.68. The van der Waals surface area contributed by atoms with Crippen molar-refractivity contribution in [1.82, 2.24) is 16.0 Å². The summed E-state index contributed by atoms with van der Waals surface area (Å²) in [4.78, 5) is 70.3. The predicted octanol–water partition coefficient (Wildman–Crippen LogP) is -3.86. The van der Waals surface area contributed by atoms with Crippen LogP contribution in [0.2, 0.25) is 0 Å². The van der Waals surface area contributed by atoms with Gasteiger partial charge in [-0.3, -0.25) is 24.0 Å². The van der Waals surface area contributed by atoms with Gasteiger partial charge in [0.15, 0.2) is 0 Å². The van der Waals surface area contributed by atoms with Crippen molar-refractivity contribution in [2.75, 3.05) is 6.54 Å². The third kappa shape index (κ3) is 11.8. The number of primary amides is 2. The summed E-state index contributed by atoms with van der Waals surface area (Å²) < 4.78 is 0. The van der Waals surface area contributed by atoms with Crippen LogP contribution >= 0.6 is 0 Å². The summed E-state index contributed by atoms with van der Waals surface area (Å²) in [5.41, 5.74) is 21.0. The van der Waals surface area contributed by atoms with E-state index < -0.39 is 66.1 Å². The van der Waals surface area contributed by atoms with E-state index in [-0.39, 0.29) is 19.3 Å². The molecule has 14 nitrogen and oxygen atoms in total. The number of carboxylic acids is 1. The molecule has 0 heterocycles. The Balaban J connectivity index is 5.09. The number of rotatable bonds is 16.